The minimum absolute atomic E-state index is 0.374. The van der Waals surface area contributed by atoms with E-state index >= 15 is 0 Å². The standard InChI is InChI=1S/C18H38N2/c1-6-7-8-9-10-11-12-13-20-15-17(18(3,4)5)19-14-16(20)2/h16-17,19H,6-15H2,1-5H3. The van der Waals surface area contributed by atoms with E-state index in [-0.39, 0.29) is 0 Å². The fourth-order valence-electron chi connectivity index (χ4n) is 3.08. The van der Waals surface area contributed by atoms with Gasteiger partial charge in [-0.15, -0.1) is 0 Å². The molecule has 2 heteroatoms. The van der Waals surface area contributed by atoms with Crippen LogP contribution in [0, 0.1) is 5.41 Å². The molecule has 1 N–H and O–H groups in total. The number of unbranched alkanes of at least 4 members (excludes halogenated alkanes) is 6. The normalized spacial score (nSPS) is 25.1. The first-order valence-corrected chi connectivity index (χ1v) is 8.92. The van der Waals surface area contributed by atoms with E-state index < -0.39 is 0 Å². The predicted octanol–water partition coefficient (Wildman–Crippen LogP) is 4.45. The Kier molecular flexibility index (Phi) is 8.13. The van der Waals surface area contributed by atoms with Gasteiger partial charge in [0.05, 0.1) is 0 Å². The molecule has 0 bridgehead atoms. The van der Waals surface area contributed by atoms with Crippen molar-refractivity contribution >= 4 is 0 Å². The summed E-state index contributed by atoms with van der Waals surface area (Å²) in [4.78, 5) is 2.71. The first-order valence-electron chi connectivity index (χ1n) is 8.92. The molecule has 1 fully saturated rings. The van der Waals surface area contributed by atoms with E-state index in [1.54, 1.807) is 0 Å². The fourth-order valence-corrected chi connectivity index (χ4v) is 3.08. The Morgan fingerprint density at radius 2 is 1.60 bits per heavy atom. The molecule has 1 saturated heterocycles. The van der Waals surface area contributed by atoms with Gasteiger partial charge in [0.25, 0.3) is 0 Å². The van der Waals surface area contributed by atoms with Gasteiger partial charge in [-0.3, -0.25) is 4.90 Å². The lowest BCUT2D eigenvalue weighted by molar-refractivity contribution is 0.0921. The second-order valence-corrected chi connectivity index (χ2v) is 7.79. The molecule has 120 valence electrons. The summed E-state index contributed by atoms with van der Waals surface area (Å²) >= 11 is 0. The van der Waals surface area contributed by atoms with E-state index in [1.165, 1.54) is 58.0 Å². The molecule has 1 aliphatic rings. The maximum absolute atomic E-state index is 3.72. The van der Waals surface area contributed by atoms with Crippen LogP contribution in [0.1, 0.15) is 79.6 Å². The number of rotatable bonds is 8. The molecule has 0 aliphatic carbocycles. The van der Waals surface area contributed by atoms with Crippen molar-refractivity contribution in [2.45, 2.75) is 91.6 Å². The lowest BCUT2D eigenvalue weighted by Crippen LogP contribution is -2.59. The lowest BCUT2D eigenvalue weighted by Gasteiger charge is -2.44. The summed E-state index contributed by atoms with van der Waals surface area (Å²) in [6.45, 7) is 15.4. The molecule has 20 heavy (non-hydrogen) atoms. The molecule has 0 aromatic carbocycles. The van der Waals surface area contributed by atoms with Crippen molar-refractivity contribution in [3.8, 4) is 0 Å². The molecule has 1 rings (SSSR count). The van der Waals surface area contributed by atoms with E-state index in [1.807, 2.05) is 0 Å². The maximum atomic E-state index is 3.72. The minimum Gasteiger partial charge on any atom is -0.311 e. The topological polar surface area (TPSA) is 15.3 Å². The minimum atomic E-state index is 0.374. The van der Waals surface area contributed by atoms with Crippen LogP contribution in [0.15, 0.2) is 0 Å². The predicted molar refractivity (Wildman–Crippen MR) is 90.3 cm³/mol. The van der Waals surface area contributed by atoms with Gasteiger partial charge < -0.3 is 5.32 Å². The largest absolute Gasteiger partial charge is 0.311 e. The third kappa shape index (κ3) is 6.58. The average Bonchev–Trinajstić information content (AvgIpc) is 2.38. The van der Waals surface area contributed by atoms with Crippen LogP contribution >= 0.6 is 0 Å². The van der Waals surface area contributed by atoms with Crippen molar-refractivity contribution < 1.29 is 0 Å². The van der Waals surface area contributed by atoms with Gasteiger partial charge >= 0.3 is 0 Å². The van der Waals surface area contributed by atoms with Crippen molar-refractivity contribution in [2.75, 3.05) is 19.6 Å². The quantitative estimate of drug-likeness (QED) is 0.662. The molecule has 0 aromatic rings. The Hall–Kier alpha value is -0.0800. The van der Waals surface area contributed by atoms with Crippen LogP contribution in [0.2, 0.25) is 0 Å². The van der Waals surface area contributed by atoms with Gasteiger partial charge in [0, 0.05) is 25.2 Å². The third-order valence-electron chi connectivity index (χ3n) is 4.79. The number of hydrogen-bond acceptors (Lipinski definition) is 2. The highest BCUT2D eigenvalue weighted by Crippen LogP contribution is 2.23. The highest BCUT2D eigenvalue weighted by Gasteiger charge is 2.31. The summed E-state index contributed by atoms with van der Waals surface area (Å²) < 4.78 is 0. The summed E-state index contributed by atoms with van der Waals surface area (Å²) in [7, 11) is 0. The molecule has 0 aromatic heterocycles. The molecular formula is C18H38N2. The van der Waals surface area contributed by atoms with E-state index in [9.17, 15) is 0 Å². The second-order valence-electron chi connectivity index (χ2n) is 7.79. The molecule has 0 amide bonds. The van der Waals surface area contributed by atoms with Crippen LogP contribution < -0.4 is 5.32 Å². The van der Waals surface area contributed by atoms with Crippen molar-refractivity contribution in [2.24, 2.45) is 5.41 Å². The zero-order valence-corrected chi connectivity index (χ0v) is 14.7. The Morgan fingerprint density at radius 3 is 2.20 bits per heavy atom. The van der Waals surface area contributed by atoms with Gasteiger partial charge in [-0.05, 0) is 25.3 Å². The van der Waals surface area contributed by atoms with Crippen LogP contribution in [0.4, 0.5) is 0 Å². The Morgan fingerprint density at radius 1 is 1.00 bits per heavy atom. The first-order chi connectivity index (χ1) is 9.45. The van der Waals surface area contributed by atoms with Crippen LogP contribution in [-0.4, -0.2) is 36.6 Å². The maximum Gasteiger partial charge on any atom is 0.0244 e. The molecule has 2 unspecified atom stereocenters. The molecule has 0 radical (unpaired) electrons. The van der Waals surface area contributed by atoms with E-state index in [4.69, 9.17) is 0 Å². The van der Waals surface area contributed by atoms with Crippen LogP contribution in [0.3, 0.4) is 0 Å². The van der Waals surface area contributed by atoms with Crippen LogP contribution in [0.25, 0.3) is 0 Å². The number of nitrogens with zero attached hydrogens (tertiary/aromatic N) is 1. The van der Waals surface area contributed by atoms with Crippen molar-refractivity contribution in [3.05, 3.63) is 0 Å². The SMILES string of the molecule is CCCCCCCCCN1CC(C(C)(C)C)NCC1C. The lowest BCUT2D eigenvalue weighted by atomic mass is 9.84. The van der Waals surface area contributed by atoms with Gasteiger partial charge in [-0.25, -0.2) is 0 Å². The van der Waals surface area contributed by atoms with Gasteiger partial charge in [0.2, 0.25) is 0 Å². The van der Waals surface area contributed by atoms with Crippen molar-refractivity contribution in [1.29, 1.82) is 0 Å². The van der Waals surface area contributed by atoms with Crippen LogP contribution in [0.5, 0.6) is 0 Å². The summed E-state index contributed by atoms with van der Waals surface area (Å²) in [6, 6.07) is 1.34. The molecule has 1 aliphatic heterocycles. The molecule has 2 nitrogen and oxygen atoms in total. The van der Waals surface area contributed by atoms with Gasteiger partial charge in [-0.2, -0.15) is 0 Å². The monoisotopic (exact) mass is 282 g/mol. The van der Waals surface area contributed by atoms with E-state index in [0.29, 0.717) is 17.5 Å². The summed E-state index contributed by atoms with van der Waals surface area (Å²) in [6.07, 6.45) is 9.88. The number of hydrogen-bond donors (Lipinski definition) is 1. The van der Waals surface area contributed by atoms with Gasteiger partial charge in [0.1, 0.15) is 0 Å². The fraction of sp³-hybridized carbons (Fsp3) is 1.00. The second kappa shape index (κ2) is 9.04. The van der Waals surface area contributed by atoms with Gasteiger partial charge in [-0.1, -0.05) is 66.2 Å². The summed E-state index contributed by atoms with van der Waals surface area (Å²) in [5, 5.41) is 3.72. The Labute approximate surface area is 127 Å². The smallest absolute Gasteiger partial charge is 0.0244 e. The Bertz CT molecular complexity index is 244. The van der Waals surface area contributed by atoms with Crippen LogP contribution in [-0.2, 0) is 0 Å². The van der Waals surface area contributed by atoms with Crippen molar-refractivity contribution in [1.82, 2.24) is 10.2 Å². The number of piperazine rings is 1. The van der Waals surface area contributed by atoms with Crippen molar-refractivity contribution in [3.63, 3.8) is 0 Å². The summed E-state index contributed by atoms with van der Waals surface area (Å²) in [5.41, 5.74) is 0.374. The van der Waals surface area contributed by atoms with E-state index in [2.05, 4.69) is 44.8 Å². The number of nitrogens with one attached hydrogen (secondary N) is 1. The zero-order chi connectivity index (χ0) is 15.0. The highest BCUT2D eigenvalue weighted by molar-refractivity contribution is 4.90. The molecule has 0 spiro atoms. The first kappa shape index (κ1) is 18.0. The average molecular weight is 283 g/mol. The summed E-state index contributed by atoms with van der Waals surface area (Å²) in [5.74, 6) is 0. The zero-order valence-electron chi connectivity index (χ0n) is 14.7. The molecule has 0 saturated carbocycles. The molecule has 1 heterocycles. The molecule has 2 atom stereocenters. The molecular weight excluding hydrogens is 244 g/mol. The third-order valence-corrected chi connectivity index (χ3v) is 4.79. The Balaban J connectivity index is 2.17. The highest BCUT2D eigenvalue weighted by atomic mass is 15.2. The van der Waals surface area contributed by atoms with Gasteiger partial charge in [0.15, 0.2) is 0 Å². The van der Waals surface area contributed by atoms with E-state index in [0.717, 1.165) is 6.54 Å².